The summed E-state index contributed by atoms with van der Waals surface area (Å²) in [5.41, 5.74) is 1.32. The normalized spacial score (nSPS) is 10.7. The van der Waals surface area contributed by atoms with Crippen molar-refractivity contribution in [2.24, 2.45) is 0 Å². The van der Waals surface area contributed by atoms with Gasteiger partial charge in [0.2, 0.25) is 5.91 Å². The summed E-state index contributed by atoms with van der Waals surface area (Å²) in [6.07, 6.45) is 2.29. The predicted octanol–water partition coefficient (Wildman–Crippen LogP) is 5.67. The van der Waals surface area contributed by atoms with Crippen molar-refractivity contribution >= 4 is 35.0 Å². The number of carbonyl (C=O) groups excluding carboxylic acids is 2. The molecule has 31 heavy (non-hydrogen) atoms. The third kappa shape index (κ3) is 6.36. The molecular formula is C24H24Cl2N2O3. The molecular weight excluding hydrogens is 435 g/mol. The van der Waals surface area contributed by atoms with Crippen LogP contribution in [0.5, 0.6) is 0 Å². The van der Waals surface area contributed by atoms with Crippen molar-refractivity contribution in [2.45, 2.75) is 26.4 Å². The third-order valence-electron chi connectivity index (χ3n) is 4.76. The van der Waals surface area contributed by atoms with E-state index in [1.165, 1.54) is 11.0 Å². The molecule has 0 aliphatic heterocycles. The zero-order valence-electron chi connectivity index (χ0n) is 17.3. The molecule has 2 aromatic carbocycles. The van der Waals surface area contributed by atoms with Crippen LogP contribution in [0.25, 0.3) is 0 Å². The van der Waals surface area contributed by atoms with Crippen LogP contribution in [0.4, 0.5) is 0 Å². The molecule has 0 fully saturated rings. The van der Waals surface area contributed by atoms with Crippen molar-refractivity contribution in [3.63, 3.8) is 0 Å². The fraction of sp³-hybridized carbons (Fsp3) is 0.250. The maximum atomic E-state index is 13.3. The fourth-order valence-electron chi connectivity index (χ4n) is 3.25. The minimum atomic E-state index is -0.297. The van der Waals surface area contributed by atoms with Crippen LogP contribution < -0.4 is 0 Å². The molecule has 0 radical (unpaired) electrons. The lowest BCUT2D eigenvalue weighted by Gasteiger charge is -2.27. The maximum Gasteiger partial charge on any atom is 0.255 e. The molecule has 5 nitrogen and oxygen atoms in total. The van der Waals surface area contributed by atoms with Crippen LogP contribution in [0.1, 0.15) is 35.0 Å². The van der Waals surface area contributed by atoms with E-state index in [0.717, 1.165) is 5.56 Å². The number of furan rings is 1. The zero-order valence-corrected chi connectivity index (χ0v) is 18.8. The number of nitrogens with zero attached hydrogens (tertiary/aromatic N) is 2. The van der Waals surface area contributed by atoms with Gasteiger partial charge in [-0.25, -0.2) is 0 Å². The van der Waals surface area contributed by atoms with E-state index in [1.54, 1.807) is 29.4 Å². The van der Waals surface area contributed by atoms with Gasteiger partial charge in [0.05, 0.1) is 23.4 Å². The van der Waals surface area contributed by atoms with Gasteiger partial charge in [0.1, 0.15) is 12.3 Å². The monoisotopic (exact) mass is 458 g/mol. The second-order valence-corrected chi connectivity index (χ2v) is 8.01. The molecule has 0 aliphatic carbocycles. The number of hydrogen-bond donors (Lipinski definition) is 0. The number of amides is 2. The molecule has 2 amide bonds. The predicted molar refractivity (Wildman–Crippen MR) is 122 cm³/mol. The SMILES string of the molecule is CCCN(CC(=O)N(Cc1ccccc1)Cc1ccco1)C(=O)c1ccc(Cl)cc1Cl. The number of hydrogen-bond acceptors (Lipinski definition) is 3. The molecule has 0 unspecified atom stereocenters. The first-order valence-corrected chi connectivity index (χ1v) is 10.8. The Morgan fingerprint density at radius 3 is 2.35 bits per heavy atom. The van der Waals surface area contributed by atoms with E-state index in [1.807, 2.05) is 43.3 Å². The van der Waals surface area contributed by atoms with E-state index >= 15 is 0 Å². The summed E-state index contributed by atoms with van der Waals surface area (Å²) in [7, 11) is 0. The van der Waals surface area contributed by atoms with E-state index in [9.17, 15) is 9.59 Å². The fourth-order valence-corrected chi connectivity index (χ4v) is 3.73. The number of halogens is 2. The van der Waals surface area contributed by atoms with Crippen molar-refractivity contribution in [3.05, 3.63) is 93.9 Å². The molecule has 7 heteroatoms. The Labute approximate surface area is 192 Å². The Balaban J connectivity index is 1.79. The highest BCUT2D eigenvalue weighted by molar-refractivity contribution is 6.36. The minimum absolute atomic E-state index is 0.0564. The summed E-state index contributed by atoms with van der Waals surface area (Å²) in [5, 5.41) is 0.718. The second-order valence-electron chi connectivity index (χ2n) is 7.17. The maximum absolute atomic E-state index is 13.3. The molecule has 0 spiro atoms. The summed E-state index contributed by atoms with van der Waals surface area (Å²) in [6.45, 7) is 3.06. The Morgan fingerprint density at radius 1 is 0.935 bits per heavy atom. The van der Waals surface area contributed by atoms with Gasteiger partial charge in [-0.05, 0) is 42.3 Å². The van der Waals surface area contributed by atoms with Crippen molar-refractivity contribution < 1.29 is 14.0 Å². The smallest absolute Gasteiger partial charge is 0.255 e. The van der Waals surface area contributed by atoms with Gasteiger partial charge in [0.25, 0.3) is 5.91 Å². The molecule has 3 rings (SSSR count). The van der Waals surface area contributed by atoms with Crippen LogP contribution in [-0.4, -0.2) is 34.7 Å². The van der Waals surface area contributed by atoms with Crippen LogP contribution in [0.15, 0.2) is 71.3 Å². The molecule has 3 aromatic rings. The minimum Gasteiger partial charge on any atom is -0.467 e. The van der Waals surface area contributed by atoms with Crippen molar-refractivity contribution in [2.75, 3.05) is 13.1 Å². The number of rotatable bonds is 9. The summed E-state index contributed by atoms with van der Waals surface area (Å²) < 4.78 is 5.44. The Bertz CT molecular complexity index is 1010. The topological polar surface area (TPSA) is 53.8 Å². The van der Waals surface area contributed by atoms with Gasteiger partial charge in [0, 0.05) is 18.1 Å². The molecule has 0 bridgehead atoms. The molecule has 162 valence electrons. The van der Waals surface area contributed by atoms with E-state index in [-0.39, 0.29) is 23.4 Å². The first-order chi connectivity index (χ1) is 15.0. The van der Waals surface area contributed by atoms with E-state index in [0.29, 0.717) is 42.4 Å². The van der Waals surface area contributed by atoms with E-state index in [2.05, 4.69) is 0 Å². The Kier molecular flexibility index (Phi) is 8.15. The first-order valence-electron chi connectivity index (χ1n) is 10.1. The highest BCUT2D eigenvalue weighted by Crippen LogP contribution is 2.23. The lowest BCUT2D eigenvalue weighted by atomic mass is 10.1. The van der Waals surface area contributed by atoms with Crippen LogP contribution >= 0.6 is 23.2 Å². The van der Waals surface area contributed by atoms with Gasteiger partial charge in [-0.1, -0.05) is 60.5 Å². The summed E-state index contributed by atoms with van der Waals surface area (Å²) >= 11 is 12.2. The van der Waals surface area contributed by atoms with Gasteiger partial charge in [-0.3, -0.25) is 9.59 Å². The van der Waals surface area contributed by atoms with Crippen molar-refractivity contribution in [1.82, 2.24) is 9.80 Å². The highest BCUT2D eigenvalue weighted by Gasteiger charge is 2.24. The lowest BCUT2D eigenvalue weighted by molar-refractivity contribution is -0.133. The standard InChI is InChI=1S/C24H24Cl2N2O3/c1-2-12-27(24(30)21-11-10-19(25)14-22(21)26)17-23(29)28(16-20-9-6-13-31-20)15-18-7-4-3-5-8-18/h3-11,13-14H,2,12,15-17H2,1H3. The van der Waals surface area contributed by atoms with Gasteiger partial charge in [0.15, 0.2) is 0 Å². The molecule has 0 aliphatic rings. The van der Waals surface area contributed by atoms with Crippen LogP contribution in [0.3, 0.4) is 0 Å². The largest absolute Gasteiger partial charge is 0.467 e. The van der Waals surface area contributed by atoms with Crippen LogP contribution in [0, 0.1) is 0 Å². The quantitative estimate of drug-likeness (QED) is 0.415. The summed E-state index contributed by atoms with van der Waals surface area (Å²) in [4.78, 5) is 29.6. The molecule has 0 N–H and O–H groups in total. The average Bonchev–Trinajstić information content (AvgIpc) is 3.26. The zero-order chi connectivity index (χ0) is 22.2. The second kappa shape index (κ2) is 11.0. The highest BCUT2D eigenvalue weighted by atomic mass is 35.5. The Hall–Kier alpha value is -2.76. The lowest BCUT2D eigenvalue weighted by Crippen LogP contribution is -2.42. The van der Waals surface area contributed by atoms with Crippen LogP contribution in [-0.2, 0) is 17.9 Å². The van der Waals surface area contributed by atoms with Gasteiger partial charge >= 0.3 is 0 Å². The van der Waals surface area contributed by atoms with Gasteiger partial charge < -0.3 is 14.2 Å². The van der Waals surface area contributed by atoms with Crippen molar-refractivity contribution in [3.8, 4) is 0 Å². The third-order valence-corrected chi connectivity index (χ3v) is 5.31. The molecule has 0 atom stereocenters. The van der Waals surface area contributed by atoms with Crippen LogP contribution in [0.2, 0.25) is 10.0 Å². The van der Waals surface area contributed by atoms with E-state index in [4.69, 9.17) is 27.6 Å². The molecule has 1 aromatic heterocycles. The average molecular weight is 459 g/mol. The summed E-state index contributed by atoms with van der Waals surface area (Å²) in [5.74, 6) is 0.208. The number of carbonyl (C=O) groups is 2. The Morgan fingerprint density at radius 2 is 1.71 bits per heavy atom. The van der Waals surface area contributed by atoms with Gasteiger partial charge in [-0.2, -0.15) is 0 Å². The van der Waals surface area contributed by atoms with E-state index < -0.39 is 0 Å². The first kappa shape index (κ1) is 22.9. The van der Waals surface area contributed by atoms with Crippen molar-refractivity contribution in [1.29, 1.82) is 0 Å². The summed E-state index contributed by atoms with van der Waals surface area (Å²) in [6, 6.07) is 18.1. The number of benzene rings is 2. The molecule has 0 saturated carbocycles. The molecule has 1 heterocycles. The van der Waals surface area contributed by atoms with Gasteiger partial charge in [-0.15, -0.1) is 0 Å². The molecule has 0 saturated heterocycles.